The highest BCUT2D eigenvalue weighted by Crippen LogP contribution is 2.42. The van der Waals surface area contributed by atoms with Crippen LogP contribution < -0.4 is 10.1 Å². The van der Waals surface area contributed by atoms with Gasteiger partial charge in [-0.25, -0.2) is 4.98 Å². The van der Waals surface area contributed by atoms with Crippen LogP contribution in [0.3, 0.4) is 0 Å². The van der Waals surface area contributed by atoms with E-state index in [2.05, 4.69) is 10.4 Å². The van der Waals surface area contributed by atoms with Gasteiger partial charge in [-0.15, -0.1) is 0 Å². The lowest BCUT2D eigenvalue weighted by atomic mass is 9.87. The summed E-state index contributed by atoms with van der Waals surface area (Å²) in [5.41, 5.74) is 3.69. The van der Waals surface area contributed by atoms with Gasteiger partial charge < -0.3 is 10.1 Å². The predicted octanol–water partition coefficient (Wildman–Crippen LogP) is 6.19. The van der Waals surface area contributed by atoms with Gasteiger partial charge in [-0.1, -0.05) is 71.5 Å². The van der Waals surface area contributed by atoms with Crippen molar-refractivity contribution in [3.8, 4) is 10.9 Å². The maximum absolute atomic E-state index is 12.8. The number of hydrogen-bond acceptors (Lipinski definition) is 5. The van der Waals surface area contributed by atoms with E-state index in [-0.39, 0.29) is 11.8 Å². The molecule has 1 aliphatic rings. The van der Waals surface area contributed by atoms with Gasteiger partial charge in [-0.3, -0.25) is 4.79 Å². The summed E-state index contributed by atoms with van der Waals surface area (Å²) >= 11 is 7.84. The molecule has 0 aliphatic carbocycles. The number of anilines is 1. The Balaban J connectivity index is 1.37. The summed E-state index contributed by atoms with van der Waals surface area (Å²) in [5.74, 6) is 1.12. The average Bonchev–Trinajstić information content (AvgIpc) is 3.47. The number of halogens is 1. The standard InChI is InChI=1S/C26H19ClN4O2S/c27-20-9-3-1-7-16(20)15-33-22-11-5-2-8-17(22)18-13-24(32)30-25-19(18)14-28-31(25)26-29-21-10-4-6-12-23(21)34-26/h1-12,14,18H,13,15H2,(H,30,32)/t18-/m1/s1. The Morgan fingerprint density at radius 3 is 2.71 bits per heavy atom. The first-order chi connectivity index (χ1) is 16.7. The number of carbonyl (C=O) groups excluding carboxylic acids is 1. The van der Waals surface area contributed by atoms with Crippen LogP contribution in [0.25, 0.3) is 15.3 Å². The van der Waals surface area contributed by atoms with Gasteiger partial charge in [0.25, 0.3) is 0 Å². The minimum Gasteiger partial charge on any atom is -0.489 e. The maximum Gasteiger partial charge on any atom is 0.226 e. The molecule has 168 valence electrons. The van der Waals surface area contributed by atoms with Gasteiger partial charge in [0.15, 0.2) is 0 Å². The van der Waals surface area contributed by atoms with Crippen molar-refractivity contribution in [3.05, 3.63) is 101 Å². The molecule has 1 amide bonds. The Labute approximate surface area is 204 Å². The summed E-state index contributed by atoms with van der Waals surface area (Å²) in [6.07, 6.45) is 2.13. The molecular weight excluding hydrogens is 468 g/mol. The quantitative estimate of drug-likeness (QED) is 0.321. The zero-order valence-corrected chi connectivity index (χ0v) is 19.5. The SMILES string of the molecule is O=C1C[C@H](c2ccccc2OCc2ccccc2Cl)c2cnn(-c3nc4ccccc4s3)c2N1. The van der Waals surface area contributed by atoms with Crippen LogP contribution in [-0.4, -0.2) is 20.7 Å². The van der Waals surface area contributed by atoms with E-state index in [1.165, 1.54) is 11.3 Å². The van der Waals surface area contributed by atoms with Crippen LogP contribution in [0.4, 0.5) is 5.82 Å². The Bertz CT molecular complexity index is 1490. The molecule has 6 nitrogen and oxygen atoms in total. The molecule has 0 saturated heterocycles. The third-order valence-electron chi connectivity index (χ3n) is 5.92. The third-order valence-corrected chi connectivity index (χ3v) is 7.30. The number of aromatic nitrogens is 3. The maximum atomic E-state index is 12.8. The highest BCUT2D eigenvalue weighted by Gasteiger charge is 2.32. The first-order valence-electron chi connectivity index (χ1n) is 10.9. The van der Waals surface area contributed by atoms with Crippen molar-refractivity contribution in [3.63, 3.8) is 0 Å². The number of nitrogens with zero attached hydrogens (tertiary/aromatic N) is 3. The van der Waals surface area contributed by atoms with Crippen molar-refractivity contribution in [2.75, 3.05) is 5.32 Å². The molecule has 1 N–H and O–H groups in total. The van der Waals surface area contributed by atoms with Crippen molar-refractivity contribution in [1.82, 2.24) is 14.8 Å². The fourth-order valence-corrected chi connectivity index (χ4v) is 5.38. The Kier molecular flexibility index (Phi) is 5.28. The third kappa shape index (κ3) is 3.73. The van der Waals surface area contributed by atoms with Crippen molar-refractivity contribution < 1.29 is 9.53 Å². The van der Waals surface area contributed by atoms with Gasteiger partial charge in [0.1, 0.15) is 18.2 Å². The molecule has 2 aromatic heterocycles. The Morgan fingerprint density at radius 2 is 1.82 bits per heavy atom. The minimum absolute atomic E-state index is 0.0683. The molecule has 8 heteroatoms. The van der Waals surface area contributed by atoms with Crippen molar-refractivity contribution in [2.24, 2.45) is 0 Å². The van der Waals surface area contributed by atoms with E-state index >= 15 is 0 Å². The second-order valence-corrected chi connectivity index (χ2v) is 9.46. The zero-order chi connectivity index (χ0) is 23.1. The van der Waals surface area contributed by atoms with Crippen LogP contribution in [-0.2, 0) is 11.4 Å². The van der Waals surface area contributed by atoms with Crippen molar-refractivity contribution in [2.45, 2.75) is 18.9 Å². The average molecular weight is 487 g/mol. The fraction of sp³-hybridized carbons (Fsp3) is 0.115. The normalized spacial score (nSPS) is 15.2. The first-order valence-corrected chi connectivity index (χ1v) is 12.1. The van der Waals surface area contributed by atoms with Gasteiger partial charge in [-0.05, 0) is 24.3 Å². The lowest BCUT2D eigenvalue weighted by Crippen LogP contribution is -2.24. The molecule has 3 aromatic carbocycles. The molecule has 0 radical (unpaired) electrons. The fourth-order valence-electron chi connectivity index (χ4n) is 4.26. The molecule has 0 fully saturated rings. The number of rotatable bonds is 5. The van der Waals surface area contributed by atoms with Crippen LogP contribution in [0.2, 0.25) is 5.02 Å². The van der Waals surface area contributed by atoms with E-state index in [9.17, 15) is 4.79 Å². The number of benzene rings is 3. The molecule has 34 heavy (non-hydrogen) atoms. The van der Waals surface area contributed by atoms with Gasteiger partial charge >= 0.3 is 0 Å². The molecule has 0 unspecified atom stereocenters. The van der Waals surface area contributed by atoms with E-state index in [1.54, 1.807) is 4.68 Å². The summed E-state index contributed by atoms with van der Waals surface area (Å²) in [4.78, 5) is 17.5. The predicted molar refractivity (Wildman–Crippen MR) is 134 cm³/mol. The van der Waals surface area contributed by atoms with Gasteiger partial charge in [-0.2, -0.15) is 9.78 Å². The molecule has 6 rings (SSSR count). The summed E-state index contributed by atoms with van der Waals surface area (Å²) in [6, 6.07) is 23.4. The van der Waals surface area contributed by atoms with Crippen LogP contribution in [0.15, 0.2) is 79.0 Å². The number of carbonyl (C=O) groups is 1. The number of para-hydroxylation sites is 2. The molecule has 0 bridgehead atoms. The zero-order valence-electron chi connectivity index (χ0n) is 17.9. The lowest BCUT2D eigenvalue weighted by Gasteiger charge is -2.25. The highest BCUT2D eigenvalue weighted by molar-refractivity contribution is 7.20. The molecule has 5 aromatic rings. The van der Waals surface area contributed by atoms with Crippen molar-refractivity contribution >= 4 is 44.9 Å². The number of thiazole rings is 1. The van der Waals surface area contributed by atoms with E-state index in [0.717, 1.165) is 32.7 Å². The van der Waals surface area contributed by atoms with Gasteiger partial charge in [0.2, 0.25) is 11.0 Å². The number of nitrogens with one attached hydrogen (secondary N) is 1. The topological polar surface area (TPSA) is 69.0 Å². The van der Waals surface area contributed by atoms with Gasteiger partial charge in [0.05, 0.1) is 16.4 Å². The number of ether oxygens (including phenoxy) is 1. The highest BCUT2D eigenvalue weighted by atomic mass is 35.5. The molecular formula is C26H19ClN4O2S. The van der Waals surface area contributed by atoms with E-state index in [1.807, 2.05) is 79.0 Å². The summed E-state index contributed by atoms with van der Waals surface area (Å²) in [7, 11) is 0. The first kappa shape index (κ1) is 20.9. The van der Waals surface area contributed by atoms with E-state index in [0.29, 0.717) is 29.0 Å². The van der Waals surface area contributed by atoms with E-state index < -0.39 is 0 Å². The molecule has 0 saturated carbocycles. The molecule has 1 aliphatic heterocycles. The Hall–Kier alpha value is -3.68. The minimum atomic E-state index is -0.186. The molecule has 1 atom stereocenters. The van der Waals surface area contributed by atoms with Crippen LogP contribution in [0, 0.1) is 0 Å². The van der Waals surface area contributed by atoms with Gasteiger partial charge in [0, 0.05) is 34.1 Å². The monoisotopic (exact) mass is 486 g/mol. The second kappa shape index (κ2) is 8.59. The summed E-state index contributed by atoms with van der Waals surface area (Å²) in [6.45, 7) is 0.341. The van der Waals surface area contributed by atoms with Crippen LogP contribution in [0.1, 0.15) is 29.0 Å². The number of amides is 1. The van der Waals surface area contributed by atoms with E-state index in [4.69, 9.17) is 21.3 Å². The largest absolute Gasteiger partial charge is 0.489 e. The lowest BCUT2D eigenvalue weighted by molar-refractivity contribution is -0.116. The van der Waals surface area contributed by atoms with Crippen molar-refractivity contribution in [1.29, 1.82) is 0 Å². The second-order valence-electron chi connectivity index (χ2n) is 8.05. The number of fused-ring (bicyclic) bond motifs is 2. The molecule has 0 spiro atoms. The van der Waals surface area contributed by atoms with Crippen LogP contribution in [0.5, 0.6) is 5.75 Å². The molecule has 3 heterocycles. The van der Waals surface area contributed by atoms with Crippen LogP contribution >= 0.6 is 22.9 Å². The number of hydrogen-bond donors (Lipinski definition) is 1. The summed E-state index contributed by atoms with van der Waals surface area (Å²) in [5, 5.41) is 8.98. The smallest absolute Gasteiger partial charge is 0.226 e. The summed E-state index contributed by atoms with van der Waals surface area (Å²) < 4.78 is 8.97. The Morgan fingerprint density at radius 1 is 1.03 bits per heavy atom.